The zero-order valence-corrected chi connectivity index (χ0v) is 24.9. The van der Waals surface area contributed by atoms with Crippen molar-refractivity contribution in [3.63, 3.8) is 0 Å². The van der Waals surface area contributed by atoms with Gasteiger partial charge < -0.3 is 10.2 Å². The third-order valence-corrected chi connectivity index (χ3v) is 8.72. The van der Waals surface area contributed by atoms with Crippen molar-refractivity contribution < 1.29 is 18.0 Å². The van der Waals surface area contributed by atoms with Crippen LogP contribution in [-0.4, -0.2) is 44.3 Å². The molecule has 0 aliphatic heterocycles. The lowest BCUT2D eigenvalue weighted by atomic mass is 10.1. The Morgan fingerprint density at radius 1 is 0.949 bits per heavy atom. The van der Waals surface area contributed by atoms with Crippen molar-refractivity contribution in [1.29, 1.82) is 0 Å². The van der Waals surface area contributed by atoms with Crippen LogP contribution in [0.3, 0.4) is 0 Å². The van der Waals surface area contributed by atoms with Gasteiger partial charge >= 0.3 is 0 Å². The summed E-state index contributed by atoms with van der Waals surface area (Å²) in [6, 6.07) is 16.6. The van der Waals surface area contributed by atoms with E-state index in [0.29, 0.717) is 39.2 Å². The predicted octanol–water partition coefficient (Wildman–Crippen LogP) is 6.09. The topological polar surface area (TPSA) is 86.8 Å². The van der Waals surface area contributed by atoms with Crippen molar-refractivity contribution >= 4 is 62.3 Å². The van der Waals surface area contributed by atoms with E-state index < -0.39 is 28.5 Å². The second-order valence-electron chi connectivity index (χ2n) is 8.98. The highest BCUT2D eigenvalue weighted by Gasteiger charge is 2.33. The molecule has 11 heteroatoms. The molecule has 3 aromatic carbocycles. The van der Waals surface area contributed by atoms with Crippen LogP contribution in [0.4, 0.5) is 5.69 Å². The molecule has 0 aromatic heterocycles. The average molecular weight is 611 g/mol. The summed E-state index contributed by atoms with van der Waals surface area (Å²) < 4.78 is 28.7. The second-order valence-corrected chi connectivity index (χ2v) is 12.1. The van der Waals surface area contributed by atoms with Crippen LogP contribution in [-0.2, 0) is 26.2 Å². The van der Waals surface area contributed by atoms with E-state index in [1.165, 1.54) is 23.1 Å². The third kappa shape index (κ3) is 7.66. The monoisotopic (exact) mass is 609 g/mol. The maximum absolute atomic E-state index is 13.9. The molecule has 0 saturated heterocycles. The predicted molar refractivity (Wildman–Crippen MR) is 157 cm³/mol. The fourth-order valence-corrected chi connectivity index (χ4v) is 6.02. The fraction of sp³-hybridized carbons (Fsp3) is 0.286. The standard InChI is InChI=1S/C28H30Cl3N3O4S/c1-4-14-32-28(36)20(3)33(17-21-11-13-22(29)15-25(21)31)27(35)18-34(26-16-23(30)12-10-19(26)2)39(37,38)24-8-6-5-7-9-24/h5-13,15-16,20H,4,14,17-18H2,1-3H3,(H,32,36)/t20-/m0/s1. The summed E-state index contributed by atoms with van der Waals surface area (Å²) in [5, 5.41) is 3.86. The number of carbonyl (C=O) groups excluding carboxylic acids is 2. The van der Waals surface area contributed by atoms with Gasteiger partial charge in [0.05, 0.1) is 10.6 Å². The van der Waals surface area contributed by atoms with Gasteiger partial charge in [0.25, 0.3) is 10.0 Å². The molecule has 0 unspecified atom stereocenters. The molecule has 208 valence electrons. The first kappa shape index (κ1) is 30.8. The first-order valence-electron chi connectivity index (χ1n) is 12.3. The van der Waals surface area contributed by atoms with Crippen LogP contribution in [0.1, 0.15) is 31.4 Å². The summed E-state index contributed by atoms with van der Waals surface area (Å²) in [6.45, 7) is 5.06. The molecule has 7 nitrogen and oxygen atoms in total. The van der Waals surface area contributed by atoms with E-state index >= 15 is 0 Å². The Balaban J connectivity index is 2.07. The summed E-state index contributed by atoms with van der Waals surface area (Å²) in [5.74, 6) is -0.967. The lowest BCUT2D eigenvalue weighted by Crippen LogP contribution is -2.51. The number of rotatable bonds is 11. The molecular formula is C28H30Cl3N3O4S. The normalized spacial score (nSPS) is 12.1. The van der Waals surface area contributed by atoms with Crippen molar-refractivity contribution in [2.24, 2.45) is 0 Å². The Morgan fingerprint density at radius 2 is 1.59 bits per heavy atom. The molecule has 39 heavy (non-hydrogen) atoms. The van der Waals surface area contributed by atoms with E-state index in [4.69, 9.17) is 34.8 Å². The van der Waals surface area contributed by atoms with Crippen LogP contribution in [0.25, 0.3) is 0 Å². The maximum Gasteiger partial charge on any atom is 0.264 e. The van der Waals surface area contributed by atoms with Crippen molar-refractivity contribution in [3.8, 4) is 0 Å². The van der Waals surface area contributed by atoms with Gasteiger partial charge in [-0.15, -0.1) is 0 Å². The van der Waals surface area contributed by atoms with E-state index in [-0.39, 0.29) is 23.0 Å². The van der Waals surface area contributed by atoms with Gasteiger partial charge in [-0.05, 0) is 67.8 Å². The Kier molecular flexibility index (Phi) is 10.7. The molecule has 0 heterocycles. The molecule has 2 amide bonds. The highest BCUT2D eigenvalue weighted by molar-refractivity contribution is 7.92. The van der Waals surface area contributed by atoms with Crippen molar-refractivity contribution in [1.82, 2.24) is 10.2 Å². The number of aryl methyl sites for hydroxylation is 1. The number of carbonyl (C=O) groups is 2. The summed E-state index contributed by atoms with van der Waals surface area (Å²) in [6.07, 6.45) is 0.715. The van der Waals surface area contributed by atoms with Gasteiger partial charge in [0.2, 0.25) is 11.8 Å². The Bertz CT molecular complexity index is 1440. The zero-order valence-electron chi connectivity index (χ0n) is 21.8. The summed E-state index contributed by atoms with van der Waals surface area (Å²) in [7, 11) is -4.19. The van der Waals surface area contributed by atoms with Gasteiger partial charge in [-0.1, -0.05) is 72.1 Å². The van der Waals surface area contributed by atoms with Gasteiger partial charge in [0.15, 0.2) is 0 Å². The Labute approximate surface area is 244 Å². The third-order valence-electron chi connectivity index (χ3n) is 6.12. The summed E-state index contributed by atoms with van der Waals surface area (Å²) >= 11 is 18.7. The van der Waals surface area contributed by atoms with E-state index in [1.807, 2.05) is 6.92 Å². The number of sulfonamides is 1. The van der Waals surface area contributed by atoms with Crippen LogP contribution in [0, 0.1) is 6.92 Å². The molecule has 1 atom stereocenters. The first-order valence-corrected chi connectivity index (χ1v) is 14.9. The summed E-state index contributed by atoms with van der Waals surface area (Å²) in [4.78, 5) is 28.2. The smallest absolute Gasteiger partial charge is 0.264 e. The number of nitrogens with one attached hydrogen (secondary N) is 1. The van der Waals surface area contributed by atoms with Crippen LogP contribution >= 0.6 is 34.8 Å². The molecule has 0 saturated carbocycles. The SMILES string of the molecule is CCCNC(=O)[C@H](C)N(Cc1ccc(Cl)cc1Cl)C(=O)CN(c1cc(Cl)ccc1C)S(=O)(=O)c1ccccc1. The number of amides is 2. The Morgan fingerprint density at radius 3 is 2.23 bits per heavy atom. The molecule has 0 bridgehead atoms. The minimum Gasteiger partial charge on any atom is -0.354 e. The number of benzene rings is 3. The lowest BCUT2D eigenvalue weighted by molar-refractivity contribution is -0.139. The molecule has 3 aromatic rings. The van der Waals surface area contributed by atoms with E-state index in [1.54, 1.807) is 62.4 Å². The number of hydrogen-bond acceptors (Lipinski definition) is 4. The number of nitrogens with zero attached hydrogens (tertiary/aromatic N) is 2. The van der Waals surface area contributed by atoms with Gasteiger partial charge in [-0.3, -0.25) is 13.9 Å². The molecule has 0 aliphatic carbocycles. The van der Waals surface area contributed by atoms with Gasteiger partial charge in [-0.25, -0.2) is 8.42 Å². The van der Waals surface area contributed by atoms with E-state index in [9.17, 15) is 18.0 Å². The zero-order chi connectivity index (χ0) is 28.7. The van der Waals surface area contributed by atoms with Crippen LogP contribution < -0.4 is 9.62 Å². The molecule has 0 radical (unpaired) electrons. The largest absolute Gasteiger partial charge is 0.354 e. The highest BCUT2D eigenvalue weighted by Crippen LogP contribution is 2.30. The van der Waals surface area contributed by atoms with Crippen LogP contribution in [0.5, 0.6) is 0 Å². The van der Waals surface area contributed by atoms with Crippen molar-refractivity contribution in [2.75, 3.05) is 17.4 Å². The van der Waals surface area contributed by atoms with Crippen molar-refractivity contribution in [3.05, 3.63) is 92.9 Å². The Hall–Kier alpha value is -2.78. The van der Waals surface area contributed by atoms with Crippen molar-refractivity contribution in [2.45, 2.75) is 44.7 Å². The molecule has 1 N–H and O–H groups in total. The van der Waals surface area contributed by atoms with Crippen LogP contribution in [0.15, 0.2) is 71.6 Å². The molecule has 0 fully saturated rings. The lowest BCUT2D eigenvalue weighted by Gasteiger charge is -2.32. The fourth-order valence-electron chi connectivity index (χ4n) is 3.90. The van der Waals surface area contributed by atoms with E-state index in [2.05, 4.69) is 5.32 Å². The second kappa shape index (κ2) is 13.5. The average Bonchev–Trinajstić information content (AvgIpc) is 2.91. The van der Waals surface area contributed by atoms with E-state index in [0.717, 1.165) is 4.31 Å². The van der Waals surface area contributed by atoms with Crippen LogP contribution in [0.2, 0.25) is 15.1 Å². The maximum atomic E-state index is 13.9. The van der Waals surface area contributed by atoms with Gasteiger partial charge in [0.1, 0.15) is 12.6 Å². The molecular weight excluding hydrogens is 581 g/mol. The number of hydrogen-bond donors (Lipinski definition) is 1. The number of anilines is 1. The number of halogens is 3. The molecule has 0 spiro atoms. The molecule has 3 rings (SSSR count). The van der Waals surface area contributed by atoms with Gasteiger partial charge in [-0.2, -0.15) is 0 Å². The minimum absolute atomic E-state index is 0.0122. The highest BCUT2D eigenvalue weighted by atomic mass is 35.5. The first-order chi connectivity index (χ1) is 18.4. The quantitative estimate of drug-likeness (QED) is 0.285. The minimum atomic E-state index is -4.19. The summed E-state index contributed by atoms with van der Waals surface area (Å²) in [5.41, 5.74) is 1.42. The molecule has 0 aliphatic rings. The van der Waals surface area contributed by atoms with Gasteiger partial charge in [0, 0.05) is 28.2 Å².